The van der Waals surface area contributed by atoms with Crippen molar-refractivity contribution >= 4 is 34.7 Å². The predicted molar refractivity (Wildman–Crippen MR) is 110 cm³/mol. The summed E-state index contributed by atoms with van der Waals surface area (Å²) in [6, 6.07) is 8.14. The number of anilines is 4. The van der Waals surface area contributed by atoms with Crippen LogP contribution in [0.2, 0.25) is 0 Å². The van der Waals surface area contributed by atoms with Crippen molar-refractivity contribution in [2.24, 2.45) is 0 Å². The highest BCUT2D eigenvalue weighted by Gasteiger charge is 2.18. The van der Waals surface area contributed by atoms with Gasteiger partial charge in [0.15, 0.2) is 17.1 Å². The van der Waals surface area contributed by atoms with Crippen LogP contribution in [0.5, 0.6) is 11.5 Å². The van der Waals surface area contributed by atoms with Crippen LogP contribution in [-0.4, -0.2) is 46.9 Å². The third-order valence-electron chi connectivity index (χ3n) is 4.35. The van der Waals surface area contributed by atoms with E-state index in [4.69, 9.17) is 14.7 Å². The summed E-state index contributed by atoms with van der Waals surface area (Å²) in [7, 11) is 1.76. The summed E-state index contributed by atoms with van der Waals surface area (Å²) in [5.41, 5.74) is 1.53. The Morgan fingerprint density at radius 2 is 2.13 bits per heavy atom. The standard InChI is InChI=1S/C19H20N8O3/c1-11(9-20)23-19(28)25-13-10-22-27-16(21-2)8-15(26-18(13)27)24-12-4-3-5-14-17(12)30-7-6-29-14/h3-5,8,10-11,21H,6-7H2,1-2H3,(H,24,26)(H2,23,25,28)/t11-/m1/s1. The average Bonchev–Trinajstić information content (AvgIpc) is 3.15. The topological polar surface area (TPSA) is 138 Å². The lowest BCUT2D eigenvalue weighted by atomic mass is 10.2. The van der Waals surface area contributed by atoms with E-state index >= 15 is 0 Å². The summed E-state index contributed by atoms with van der Waals surface area (Å²) in [6.45, 7) is 2.55. The van der Waals surface area contributed by atoms with Crippen molar-refractivity contribution in [2.75, 3.05) is 36.2 Å². The lowest BCUT2D eigenvalue weighted by Crippen LogP contribution is -2.35. The van der Waals surface area contributed by atoms with Gasteiger partial charge in [0.05, 0.1) is 18.0 Å². The van der Waals surface area contributed by atoms with Crippen LogP contribution < -0.4 is 30.7 Å². The van der Waals surface area contributed by atoms with E-state index < -0.39 is 12.1 Å². The molecule has 1 aliphatic rings. The van der Waals surface area contributed by atoms with Crippen LogP contribution in [0.15, 0.2) is 30.5 Å². The lowest BCUT2D eigenvalue weighted by Gasteiger charge is -2.21. The molecule has 0 unspecified atom stereocenters. The first kappa shape index (κ1) is 19.1. The summed E-state index contributed by atoms with van der Waals surface area (Å²) in [5.74, 6) is 2.46. The molecule has 1 aliphatic heterocycles. The third-order valence-corrected chi connectivity index (χ3v) is 4.35. The van der Waals surface area contributed by atoms with Crippen molar-refractivity contribution in [3.63, 3.8) is 0 Å². The number of ether oxygens (including phenoxy) is 2. The zero-order valence-corrected chi connectivity index (χ0v) is 16.4. The van der Waals surface area contributed by atoms with E-state index in [1.165, 1.54) is 6.20 Å². The van der Waals surface area contributed by atoms with Gasteiger partial charge in [-0.3, -0.25) is 0 Å². The fourth-order valence-electron chi connectivity index (χ4n) is 2.99. The van der Waals surface area contributed by atoms with Gasteiger partial charge in [0, 0.05) is 13.1 Å². The second-order valence-corrected chi connectivity index (χ2v) is 6.47. The van der Waals surface area contributed by atoms with E-state index in [1.807, 2.05) is 24.3 Å². The normalized spacial score (nSPS) is 13.2. The van der Waals surface area contributed by atoms with E-state index in [9.17, 15) is 4.79 Å². The molecule has 2 aromatic heterocycles. The van der Waals surface area contributed by atoms with Crippen LogP contribution >= 0.6 is 0 Å². The van der Waals surface area contributed by atoms with Crippen LogP contribution in [0.3, 0.4) is 0 Å². The number of rotatable bonds is 5. The van der Waals surface area contributed by atoms with E-state index in [0.29, 0.717) is 53.4 Å². The third kappa shape index (κ3) is 3.70. The first-order valence-electron chi connectivity index (χ1n) is 9.28. The fourth-order valence-corrected chi connectivity index (χ4v) is 2.99. The fraction of sp³-hybridized carbons (Fsp3) is 0.263. The van der Waals surface area contributed by atoms with Crippen molar-refractivity contribution in [1.29, 1.82) is 5.26 Å². The van der Waals surface area contributed by atoms with Crippen LogP contribution in [0.25, 0.3) is 5.65 Å². The highest BCUT2D eigenvalue weighted by atomic mass is 16.6. The molecule has 0 saturated heterocycles. The zero-order valence-electron chi connectivity index (χ0n) is 16.4. The van der Waals surface area contributed by atoms with Crippen molar-refractivity contribution < 1.29 is 14.3 Å². The van der Waals surface area contributed by atoms with Crippen molar-refractivity contribution in [2.45, 2.75) is 13.0 Å². The van der Waals surface area contributed by atoms with Gasteiger partial charge in [-0.1, -0.05) is 6.07 Å². The molecule has 0 aliphatic carbocycles. The molecule has 4 N–H and O–H groups in total. The van der Waals surface area contributed by atoms with Crippen molar-refractivity contribution in [1.82, 2.24) is 19.9 Å². The molecular formula is C19H20N8O3. The smallest absolute Gasteiger partial charge is 0.320 e. The number of hydrogen-bond acceptors (Lipinski definition) is 8. The molecule has 0 saturated carbocycles. The molecule has 0 fully saturated rings. The molecule has 11 nitrogen and oxygen atoms in total. The number of aromatic nitrogens is 3. The van der Waals surface area contributed by atoms with Gasteiger partial charge in [-0.05, 0) is 19.1 Å². The van der Waals surface area contributed by atoms with Gasteiger partial charge < -0.3 is 30.7 Å². The van der Waals surface area contributed by atoms with Crippen LogP contribution in [-0.2, 0) is 0 Å². The number of nitrogens with one attached hydrogen (secondary N) is 4. The number of hydrogen-bond donors (Lipinski definition) is 4. The highest BCUT2D eigenvalue weighted by Crippen LogP contribution is 2.38. The highest BCUT2D eigenvalue weighted by molar-refractivity contribution is 5.93. The number of carbonyl (C=O) groups excluding carboxylic acids is 1. The summed E-state index contributed by atoms with van der Waals surface area (Å²) >= 11 is 0. The molecule has 1 aromatic carbocycles. The molecule has 3 heterocycles. The Balaban J connectivity index is 1.67. The molecule has 0 radical (unpaired) electrons. The van der Waals surface area contributed by atoms with E-state index in [0.717, 1.165) is 0 Å². The summed E-state index contributed by atoms with van der Waals surface area (Å²) in [5, 5.41) is 24.6. The quantitative estimate of drug-likeness (QED) is 0.505. The Morgan fingerprint density at radius 3 is 2.93 bits per heavy atom. The lowest BCUT2D eigenvalue weighted by molar-refractivity contribution is 0.172. The molecule has 3 aromatic rings. The minimum absolute atomic E-state index is 0.396. The minimum atomic E-state index is -0.628. The van der Waals surface area contributed by atoms with E-state index in [2.05, 4.69) is 31.3 Å². The maximum Gasteiger partial charge on any atom is 0.320 e. The zero-order chi connectivity index (χ0) is 21.1. The SMILES string of the molecule is CNc1cc(Nc2cccc3c2OCCO3)nc2c(NC(=O)N[C@H](C)C#N)cnn12. The van der Waals surface area contributed by atoms with Gasteiger partial charge in [-0.2, -0.15) is 14.9 Å². The molecule has 4 rings (SSSR count). The Bertz CT molecular complexity index is 1140. The largest absolute Gasteiger partial charge is 0.486 e. The number of amides is 2. The van der Waals surface area contributed by atoms with Gasteiger partial charge >= 0.3 is 6.03 Å². The van der Waals surface area contributed by atoms with Gasteiger partial charge in [0.25, 0.3) is 0 Å². The first-order chi connectivity index (χ1) is 14.6. The molecule has 30 heavy (non-hydrogen) atoms. The monoisotopic (exact) mass is 408 g/mol. The maximum atomic E-state index is 12.1. The summed E-state index contributed by atoms with van der Waals surface area (Å²) in [4.78, 5) is 16.7. The van der Waals surface area contributed by atoms with Gasteiger partial charge in [0.2, 0.25) is 0 Å². The van der Waals surface area contributed by atoms with Crippen LogP contribution in [0.4, 0.5) is 27.8 Å². The Kier molecular flexibility index (Phi) is 5.13. The summed E-state index contributed by atoms with van der Waals surface area (Å²) < 4.78 is 12.9. The Hall–Kier alpha value is -4.20. The summed E-state index contributed by atoms with van der Waals surface area (Å²) in [6.07, 6.45) is 1.49. The van der Waals surface area contributed by atoms with Gasteiger partial charge in [-0.15, -0.1) is 0 Å². The number of para-hydroxylation sites is 1. The Morgan fingerprint density at radius 1 is 1.30 bits per heavy atom. The number of fused-ring (bicyclic) bond motifs is 2. The predicted octanol–water partition coefficient (Wildman–Crippen LogP) is 2.32. The van der Waals surface area contributed by atoms with Crippen LogP contribution in [0.1, 0.15) is 6.92 Å². The minimum Gasteiger partial charge on any atom is -0.486 e. The second-order valence-electron chi connectivity index (χ2n) is 6.47. The molecular weight excluding hydrogens is 388 g/mol. The van der Waals surface area contributed by atoms with E-state index in [-0.39, 0.29) is 0 Å². The molecule has 2 amide bonds. The van der Waals surface area contributed by atoms with Crippen LogP contribution in [0, 0.1) is 11.3 Å². The number of nitriles is 1. The average molecular weight is 408 g/mol. The van der Waals surface area contributed by atoms with Gasteiger partial charge in [-0.25, -0.2) is 9.78 Å². The molecule has 0 bridgehead atoms. The van der Waals surface area contributed by atoms with E-state index in [1.54, 1.807) is 24.6 Å². The van der Waals surface area contributed by atoms with Gasteiger partial charge in [0.1, 0.15) is 36.6 Å². The molecule has 0 spiro atoms. The number of carbonyl (C=O) groups is 1. The number of benzene rings is 1. The molecule has 11 heteroatoms. The Labute approximate surface area is 172 Å². The molecule has 1 atom stereocenters. The molecule has 154 valence electrons. The second kappa shape index (κ2) is 8.04. The maximum absolute atomic E-state index is 12.1. The van der Waals surface area contributed by atoms with Crippen molar-refractivity contribution in [3.8, 4) is 17.6 Å². The number of urea groups is 1. The number of nitrogens with zero attached hydrogens (tertiary/aromatic N) is 4. The first-order valence-corrected chi connectivity index (χ1v) is 9.28. The van der Waals surface area contributed by atoms with Crippen molar-refractivity contribution in [3.05, 3.63) is 30.5 Å².